The number of benzene rings is 2. The highest BCUT2D eigenvalue weighted by Gasteiger charge is 2.17. The maximum Gasteiger partial charge on any atom is 0.251 e. The zero-order valence-corrected chi connectivity index (χ0v) is 24.9. The van der Waals surface area contributed by atoms with Crippen LogP contribution < -0.4 is 10.5 Å². The van der Waals surface area contributed by atoms with E-state index in [1.54, 1.807) is 24.5 Å². The van der Waals surface area contributed by atoms with Crippen molar-refractivity contribution >= 4 is 32.4 Å². The number of aryl methyl sites for hydroxylation is 2. The Morgan fingerprint density at radius 2 is 1.75 bits per heavy atom. The molecule has 0 aliphatic heterocycles. The number of aromatic nitrogens is 2. The Bertz CT molecular complexity index is 1660. The van der Waals surface area contributed by atoms with E-state index in [0.29, 0.717) is 40.7 Å². The number of hydrogen-bond acceptors (Lipinski definition) is 5. The molecule has 3 N–H and O–H groups in total. The van der Waals surface area contributed by atoms with Crippen molar-refractivity contribution in [1.29, 1.82) is 0 Å². The van der Waals surface area contributed by atoms with Crippen molar-refractivity contribution in [1.82, 2.24) is 15.3 Å². The van der Waals surface area contributed by atoms with Gasteiger partial charge in [0.2, 0.25) is 10.0 Å². The first-order valence-electron chi connectivity index (χ1n) is 13.5. The van der Waals surface area contributed by atoms with Crippen molar-refractivity contribution in [2.75, 3.05) is 0 Å². The predicted octanol–water partition coefficient (Wildman–Crippen LogP) is 6.25. The van der Waals surface area contributed by atoms with E-state index < -0.39 is 10.0 Å². The largest absolute Gasteiger partial charge is 0.348 e. The first-order valence-corrected chi connectivity index (χ1v) is 15.0. The Labute approximate surface area is 237 Å². The molecule has 0 saturated carbocycles. The lowest BCUT2D eigenvalue weighted by Gasteiger charge is -2.12. The van der Waals surface area contributed by atoms with Crippen LogP contribution in [0.5, 0.6) is 0 Å². The lowest BCUT2D eigenvalue weighted by Crippen LogP contribution is -2.23. The summed E-state index contributed by atoms with van der Waals surface area (Å²) < 4.78 is 24.5. The zero-order chi connectivity index (χ0) is 29.4. The van der Waals surface area contributed by atoms with E-state index in [2.05, 4.69) is 47.3 Å². The molecule has 4 aromatic rings. The maximum absolute atomic E-state index is 12.9. The van der Waals surface area contributed by atoms with E-state index in [4.69, 9.17) is 5.14 Å². The zero-order valence-electron chi connectivity index (χ0n) is 24.1. The molecule has 0 aliphatic carbocycles. The van der Waals surface area contributed by atoms with Crippen LogP contribution in [0.25, 0.3) is 16.5 Å². The number of fused-ring (bicyclic) bond motifs is 1. The third kappa shape index (κ3) is 7.40. The molecule has 210 valence electrons. The fourth-order valence-electron chi connectivity index (χ4n) is 4.66. The van der Waals surface area contributed by atoms with Gasteiger partial charge in [-0.3, -0.25) is 14.8 Å². The second-order valence-electron chi connectivity index (χ2n) is 9.44. The highest BCUT2D eigenvalue weighted by Crippen LogP contribution is 2.25. The first kappa shape index (κ1) is 30.7. The quantitative estimate of drug-likeness (QED) is 0.265. The number of allylic oxidation sites excluding steroid dienone is 2. The molecule has 7 nitrogen and oxygen atoms in total. The number of pyridine rings is 2. The summed E-state index contributed by atoms with van der Waals surface area (Å²) in [6.45, 7) is 12.6. The third-order valence-corrected chi connectivity index (χ3v) is 7.46. The molecular weight excluding hydrogens is 520 g/mol. The monoisotopic (exact) mass is 558 g/mol. The van der Waals surface area contributed by atoms with Crippen LogP contribution in [0, 0.1) is 13.8 Å². The van der Waals surface area contributed by atoms with Crippen LogP contribution in [-0.2, 0) is 23.0 Å². The summed E-state index contributed by atoms with van der Waals surface area (Å²) in [7, 11) is -3.98. The number of amides is 1. The fraction of sp³-hybridized carbons (Fsp3) is 0.281. The molecule has 0 spiro atoms. The van der Waals surface area contributed by atoms with Crippen LogP contribution in [-0.4, -0.2) is 24.3 Å². The molecule has 2 aromatic heterocycles. The van der Waals surface area contributed by atoms with Crippen LogP contribution in [0.4, 0.5) is 0 Å². The number of carbonyl (C=O) groups is 1. The molecule has 8 heteroatoms. The van der Waals surface area contributed by atoms with Gasteiger partial charge in [0.25, 0.3) is 5.91 Å². The van der Waals surface area contributed by atoms with Crippen LogP contribution >= 0.6 is 0 Å². The van der Waals surface area contributed by atoms with Gasteiger partial charge in [-0.2, -0.15) is 0 Å². The van der Waals surface area contributed by atoms with Crippen LogP contribution in [0.1, 0.15) is 78.0 Å². The van der Waals surface area contributed by atoms with Gasteiger partial charge in [0.1, 0.15) is 4.90 Å². The van der Waals surface area contributed by atoms with Gasteiger partial charge < -0.3 is 5.32 Å². The summed E-state index contributed by atoms with van der Waals surface area (Å²) in [6, 6.07) is 14.9. The van der Waals surface area contributed by atoms with E-state index in [0.717, 1.165) is 17.5 Å². The topological polar surface area (TPSA) is 115 Å². The summed E-state index contributed by atoms with van der Waals surface area (Å²) >= 11 is 0. The molecular formula is C32H38N4O3S. The Kier molecular flexibility index (Phi) is 10.3. The smallest absolute Gasteiger partial charge is 0.251 e. The average Bonchev–Trinajstić information content (AvgIpc) is 2.93. The van der Waals surface area contributed by atoms with Crippen molar-refractivity contribution in [3.05, 3.63) is 106 Å². The summed E-state index contributed by atoms with van der Waals surface area (Å²) in [5, 5.41) is 9.14. The van der Waals surface area contributed by atoms with Gasteiger partial charge in [0.05, 0.1) is 5.52 Å². The van der Waals surface area contributed by atoms with Crippen molar-refractivity contribution in [3.63, 3.8) is 0 Å². The van der Waals surface area contributed by atoms with Crippen molar-refractivity contribution in [3.8, 4) is 0 Å². The number of carbonyl (C=O) groups excluding carboxylic acids is 1. The van der Waals surface area contributed by atoms with Crippen molar-refractivity contribution < 1.29 is 13.2 Å². The second kappa shape index (κ2) is 13.5. The minimum absolute atomic E-state index is 0.0271. The van der Waals surface area contributed by atoms with Crippen LogP contribution in [0.2, 0.25) is 0 Å². The number of primary sulfonamides is 1. The SMILES string of the molecule is C/C=C(/CC)c1ccc(CNC(=O)c2ccnc(Cc3cc(S(N)(=O)=O)c4ncc(C)cc4c3)c2)cc1C.CC. The van der Waals surface area contributed by atoms with Gasteiger partial charge in [0, 0.05) is 42.0 Å². The number of sulfonamides is 1. The fourth-order valence-corrected chi connectivity index (χ4v) is 5.42. The van der Waals surface area contributed by atoms with E-state index in [9.17, 15) is 13.2 Å². The Morgan fingerprint density at radius 3 is 2.40 bits per heavy atom. The lowest BCUT2D eigenvalue weighted by atomic mass is 9.96. The Balaban J connectivity index is 0.00000216. The number of nitrogens with zero attached hydrogens (tertiary/aromatic N) is 2. The molecule has 2 aromatic carbocycles. The number of rotatable bonds is 8. The molecule has 0 unspecified atom stereocenters. The predicted molar refractivity (Wildman–Crippen MR) is 163 cm³/mol. The first-order chi connectivity index (χ1) is 19.1. The standard InChI is InChI=1S/C30H32N4O3S.C2H6/c1-5-23(6-2)27-8-7-21(12-20(27)4)18-34-30(35)24-9-10-32-26(16-24)14-22-13-25-11-19(3)17-33-29(25)28(15-22)38(31,36)37;1-2/h5,7-13,15-17H,6,14,18H2,1-4H3,(H,34,35)(H2,31,36,37);1-2H3/b23-5-;. The molecule has 0 saturated heterocycles. The summed E-state index contributed by atoms with van der Waals surface area (Å²) in [4.78, 5) is 21.6. The summed E-state index contributed by atoms with van der Waals surface area (Å²) in [5.41, 5.74) is 7.81. The number of nitrogens with one attached hydrogen (secondary N) is 1. The van der Waals surface area contributed by atoms with Gasteiger partial charge in [-0.25, -0.2) is 13.6 Å². The molecule has 2 heterocycles. The van der Waals surface area contributed by atoms with Gasteiger partial charge in [-0.15, -0.1) is 0 Å². The van der Waals surface area contributed by atoms with Gasteiger partial charge in [-0.1, -0.05) is 45.0 Å². The second-order valence-corrected chi connectivity index (χ2v) is 11.0. The average molecular weight is 559 g/mol. The molecule has 40 heavy (non-hydrogen) atoms. The molecule has 1 amide bonds. The van der Waals surface area contributed by atoms with E-state index in [1.165, 1.54) is 22.8 Å². The molecule has 4 rings (SSSR count). The summed E-state index contributed by atoms with van der Waals surface area (Å²) in [5.74, 6) is -0.207. The van der Waals surface area contributed by atoms with Gasteiger partial charge in [0.15, 0.2) is 0 Å². The third-order valence-electron chi connectivity index (χ3n) is 6.53. The minimum atomic E-state index is -3.98. The van der Waals surface area contributed by atoms with Crippen LogP contribution in [0.15, 0.2) is 71.9 Å². The highest BCUT2D eigenvalue weighted by atomic mass is 32.2. The van der Waals surface area contributed by atoms with Crippen molar-refractivity contribution in [2.45, 2.75) is 65.8 Å². The molecule has 0 atom stereocenters. The summed E-state index contributed by atoms with van der Waals surface area (Å²) in [6.07, 6.45) is 6.63. The Hall–Kier alpha value is -3.88. The molecule has 0 radical (unpaired) electrons. The minimum Gasteiger partial charge on any atom is -0.348 e. The maximum atomic E-state index is 12.9. The van der Waals surface area contributed by atoms with E-state index in [-0.39, 0.29) is 10.8 Å². The van der Waals surface area contributed by atoms with E-state index in [1.807, 2.05) is 45.9 Å². The molecule has 0 aliphatic rings. The van der Waals surface area contributed by atoms with Crippen molar-refractivity contribution in [2.24, 2.45) is 5.14 Å². The van der Waals surface area contributed by atoms with Gasteiger partial charge >= 0.3 is 0 Å². The molecule has 0 bridgehead atoms. The number of hydrogen-bond donors (Lipinski definition) is 2. The molecule has 0 fully saturated rings. The Morgan fingerprint density at radius 1 is 1.00 bits per heavy atom. The van der Waals surface area contributed by atoms with E-state index >= 15 is 0 Å². The van der Waals surface area contributed by atoms with Crippen LogP contribution in [0.3, 0.4) is 0 Å². The van der Waals surface area contributed by atoms with Gasteiger partial charge in [-0.05, 0) is 90.9 Å². The number of nitrogens with two attached hydrogens (primary N) is 1. The highest BCUT2D eigenvalue weighted by molar-refractivity contribution is 7.89. The normalized spacial score (nSPS) is 11.6. The lowest BCUT2D eigenvalue weighted by molar-refractivity contribution is 0.0950.